The summed E-state index contributed by atoms with van der Waals surface area (Å²) in [6.45, 7) is 3.06. The average Bonchev–Trinajstić information content (AvgIpc) is 3.08. The summed E-state index contributed by atoms with van der Waals surface area (Å²) in [6, 6.07) is -0.0813. The maximum Gasteiger partial charge on any atom is 0.355 e. The summed E-state index contributed by atoms with van der Waals surface area (Å²) < 4.78 is 0. The number of nitrogens with one attached hydrogen (secondary N) is 1. The molecular formula is C13H18N4O2S. The van der Waals surface area contributed by atoms with Gasteiger partial charge in [0.2, 0.25) is 0 Å². The highest BCUT2D eigenvalue weighted by Crippen LogP contribution is 2.28. The summed E-state index contributed by atoms with van der Waals surface area (Å²) in [6.07, 6.45) is 5.58. The minimum absolute atomic E-state index is 0.0813. The van der Waals surface area contributed by atoms with Gasteiger partial charge in [0.05, 0.1) is 12.0 Å². The molecule has 6 nitrogen and oxygen atoms in total. The van der Waals surface area contributed by atoms with Crippen molar-refractivity contribution in [2.75, 3.05) is 13.6 Å². The van der Waals surface area contributed by atoms with E-state index in [2.05, 4.69) is 26.8 Å². The monoisotopic (exact) mass is 294 g/mol. The number of hydrogen-bond acceptors (Lipinski definition) is 5. The van der Waals surface area contributed by atoms with E-state index >= 15 is 0 Å². The number of thiazole rings is 1. The van der Waals surface area contributed by atoms with Crippen LogP contribution in [0.15, 0.2) is 17.9 Å². The van der Waals surface area contributed by atoms with E-state index in [0.717, 1.165) is 30.1 Å². The summed E-state index contributed by atoms with van der Waals surface area (Å²) >= 11 is 1.36. The van der Waals surface area contributed by atoms with Crippen LogP contribution in [-0.4, -0.2) is 44.5 Å². The number of nitrogens with zero attached hydrogens (tertiary/aromatic N) is 3. The first-order chi connectivity index (χ1) is 9.63. The summed E-state index contributed by atoms with van der Waals surface area (Å²) in [5, 5.41) is 11.3. The molecule has 20 heavy (non-hydrogen) atoms. The Balaban J connectivity index is 2.28. The third-order valence-corrected chi connectivity index (χ3v) is 3.99. The maximum absolute atomic E-state index is 11.0. The van der Waals surface area contributed by atoms with Crippen molar-refractivity contribution in [1.82, 2.24) is 19.9 Å². The van der Waals surface area contributed by atoms with Gasteiger partial charge in [-0.05, 0) is 20.0 Å². The van der Waals surface area contributed by atoms with Crippen LogP contribution in [0.1, 0.15) is 47.0 Å². The van der Waals surface area contributed by atoms with Crippen LogP contribution < -0.4 is 0 Å². The van der Waals surface area contributed by atoms with Gasteiger partial charge in [0.1, 0.15) is 11.0 Å². The number of aromatic carboxylic acids is 1. The van der Waals surface area contributed by atoms with Crippen LogP contribution in [-0.2, 0) is 0 Å². The van der Waals surface area contributed by atoms with E-state index in [4.69, 9.17) is 5.11 Å². The number of carboxylic acid groups (broad SMARTS) is 1. The molecular weight excluding hydrogens is 276 g/mol. The van der Waals surface area contributed by atoms with E-state index in [0.29, 0.717) is 0 Å². The Hall–Kier alpha value is -1.73. The lowest BCUT2D eigenvalue weighted by atomic mass is 10.2. The van der Waals surface area contributed by atoms with Crippen molar-refractivity contribution < 1.29 is 9.90 Å². The zero-order valence-corrected chi connectivity index (χ0v) is 12.4. The number of aromatic amines is 1. The third-order valence-electron chi connectivity index (χ3n) is 3.09. The summed E-state index contributed by atoms with van der Waals surface area (Å²) in [5.41, 5.74) is 1.02. The number of imidazole rings is 1. The van der Waals surface area contributed by atoms with E-state index < -0.39 is 5.97 Å². The molecule has 0 radical (unpaired) electrons. The zero-order valence-electron chi connectivity index (χ0n) is 11.5. The SMILES string of the molecule is CCCCN(C)C(c1cnc[nH]1)c1nc(C(=O)O)cs1. The van der Waals surface area contributed by atoms with Crippen LogP contribution in [0.5, 0.6) is 0 Å². The highest BCUT2D eigenvalue weighted by molar-refractivity contribution is 7.09. The largest absolute Gasteiger partial charge is 0.476 e. The smallest absolute Gasteiger partial charge is 0.355 e. The van der Waals surface area contributed by atoms with Crippen LogP contribution in [0, 0.1) is 0 Å². The van der Waals surface area contributed by atoms with E-state index in [1.165, 1.54) is 11.3 Å². The summed E-state index contributed by atoms with van der Waals surface area (Å²) in [7, 11) is 2.02. The van der Waals surface area contributed by atoms with Crippen molar-refractivity contribution in [3.05, 3.63) is 34.3 Å². The highest BCUT2D eigenvalue weighted by Gasteiger charge is 2.24. The number of carboxylic acids is 1. The molecule has 1 atom stereocenters. The molecule has 0 spiro atoms. The Morgan fingerprint density at radius 3 is 2.95 bits per heavy atom. The Bertz CT molecular complexity index is 552. The first kappa shape index (κ1) is 14.7. The molecule has 0 bridgehead atoms. The van der Waals surface area contributed by atoms with Crippen LogP contribution in [0.2, 0.25) is 0 Å². The predicted molar refractivity (Wildman–Crippen MR) is 77.0 cm³/mol. The Morgan fingerprint density at radius 1 is 1.60 bits per heavy atom. The fourth-order valence-corrected chi connectivity index (χ4v) is 3.00. The maximum atomic E-state index is 11.0. The van der Waals surface area contributed by atoms with Gasteiger partial charge in [0, 0.05) is 11.6 Å². The fraction of sp³-hybridized carbons (Fsp3) is 0.462. The van der Waals surface area contributed by atoms with Gasteiger partial charge in [-0.15, -0.1) is 11.3 Å². The normalized spacial score (nSPS) is 12.8. The Kier molecular flexibility index (Phi) is 4.86. The molecule has 2 N–H and O–H groups in total. The first-order valence-corrected chi connectivity index (χ1v) is 7.38. The first-order valence-electron chi connectivity index (χ1n) is 6.50. The molecule has 0 saturated heterocycles. The number of hydrogen-bond donors (Lipinski definition) is 2. The van der Waals surface area contributed by atoms with Crippen molar-refractivity contribution >= 4 is 17.3 Å². The molecule has 7 heteroatoms. The zero-order chi connectivity index (χ0) is 14.5. The number of rotatable bonds is 7. The highest BCUT2D eigenvalue weighted by atomic mass is 32.1. The number of H-pyrrole nitrogens is 1. The Labute approximate surface area is 121 Å². The molecule has 0 aliphatic rings. The van der Waals surface area contributed by atoms with Crippen LogP contribution in [0.3, 0.4) is 0 Å². The van der Waals surface area contributed by atoms with E-state index in [1.54, 1.807) is 17.9 Å². The number of aromatic nitrogens is 3. The molecule has 2 rings (SSSR count). The molecule has 0 aliphatic heterocycles. The lowest BCUT2D eigenvalue weighted by Gasteiger charge is -2.25. The molecule has 0 aromatic carbocycles. The molecule has 0 fully saturated rings. The van der Waals surface area contributed by atoms with Gasteiger partial charge in [-0.2, -0.15) is 0 Å². The van der Waals surface area contributed by atoms with E-state index in [1.807, 2.05) is 7.05 Å². The Morgan fingerprint density at radius 2 is 2.40 bits per heavy atom. The van der Waals surface area contributed by atoms with Crippen molar-refractivity contribution in [2.45, 2.75) is 25.8 Å². The number of unbranched alkanes of at least 4 members (excludes halogenated alkanes) is 1. The minimum Gasteiger partial charge on any atom is -0.476 e. The molecule has 0 saturated carbocycles. The predicted octanol–water partition coefficient (Wildman–Crippen LogP) is 2.39. The van der Waals surface area contributed by atoms with Crippen molar-refractivity contribution in [3.8, 4) is 0 Å². The topological polar surface area (TPSA) is 82.1 Å². The van der Waals surface area contributed by atoms with Crippen LogP contribution in [0.4, 0.5) is 0 Å². The molecule has 1 unspecified atom stereocenters. The lowest BCUT2D eigenvalue weighted by Crippen LogP contribution is -2.27. The van der Waals surface area contributed by atoms with Gasteiger partial charge in [-0.3, -0.25) is 4.90 Å². The van der Waals surface area contributed by atoms with Crippen LogP contribution in [0.25, 0.3) is 0 Å². The molecule has 2 aromatic heterocycles. The molecule has 2 aromatic rings. The quantitative estimate of drug-likeness (QED) is 0.819. The number of carbonyl (C=O) groups is 1. The fourth-order valence-electron chi connectivity index (χ4n) is 2.02. The van der Waals surface area contributed by atoms with Crippen molar-refractivity contribution in [2.24, 2.45) is 0 Å². The van der Waals surface area contributed by atoms with Gasteiger partial charge in [-0.1, -0.05) is 13.3 Å². The second-order valence-corrected chi connectivity index (χ2v) is 5.51. The van der Waals surface area contributed by atoms with E-state index in [-0.39, 0.29) is 11.7 Å². The third kappa shape index (κ3) is 3.23. The van der Waals surface area contributed by atoms with Gasteiger partial charge in [0.15, 0.2) is 5.69 Å². The van der Waals surface area contributed by atoms with Gasteiger partial charge in [0.25, 0.3) is 0 Å². The summed E-state index contributed by atoms with van der Waals surface area (Å²) in [4.78, 5) is 24.5. The molecule has 0 aliphatic carbocycles. The molecule has 2 heterocycles. The molecule has 0 amide bonds. The second kappa shape index (κ2) is 6.62. The van der Waals surface area contributed by atoms with Gasteiger partial charge in [-0.25, -0.2) is 14.8 Å². The van der Waals surface area contributed by atoms with Crippen molar-refractivity contribution in [1.29, 1.82) is 0 Å². The standard InChI is InChI=1S/C13H18N4O2S/c1-3-4-5-17(2)11(9-6-14-8-15-9)12-16-10(7-20-12)13(18)19/h6-8,11H,3-5H2,1-2H3,(H,14,15)(H,18,19). The molecule has 108 valence electrons. The minimum atomic E-state index is -0.993. The van der Waals surface area contributed by atoms with Crippen LogP contribution >= 0.6 is 11.3 Å². The average molecular weight is 294 g/mol. The summed E-state index contributed by atoms with van der Waals surface area (Å²) in [5.74, 6) is -0.993. The van der Waals surface area contributed by atoms with Gasteiger partial charge >= 0.3 is 5.97 Å². The van der Waals surface area contributed by atoms with Gasteiger partial charge < -0.3 is 10.1 Å². The van der Waals surface area contributed by atoms with E-state index in [9.17, 15) is 4.79 Å². The van der Waals surface area contributed by atoms with Crippen molar-refractivity contribution in [3.63, 3.8) is 0 Å². The second-order valence-electron chi connectivity index (χ2n) is 4.62. The lowest BCUT2D eigenvalue weighted by molar-refractivity contribution is 0.0691.